The number of ether oxygens (including phenoxy) is 1. The normalized spacial score (nSPS) is 10.8. The Labute approximate surface area is 122 Å². The molecule has 0 saturated carbocycles. The Hall–Kier alpha value is -1.26. The molecule has 0 aliphatic heterocycles. The van der Waals surface area contributed by atoms with E-state index in [9.17, 15) is 0 Å². The molecule has 3 nitrogen and oxygen atoms in total. The zero-order chi connectivity index (χ0) is 13.8. The van der Waals surface area contributed by atoms with E-state index in [0.29, 0.717) is 11.0 Å². The molecule has 0 spiro atoms. The van der Waals surface area contributed by atoms with Crippen LogP contribution in [0.4, 0.5) is 0 Å². The first kappa shape index (κ1) is 14.2. The van der Waals surface area contributed by atoms with Crippen molar-refractivity contribution in [3.8, 4) is 11.6 Å². The average Bonchev–Trinajstić information content (AvgIpc) is 2.39. The molecule has 0 amide bonds. The Bertz CT molecular complexity index is 558. The van der Waals surface area contributed by atoms with E-state index in [1.807, 2.05) is 44.4 Å². The molecule has 1 aromatic carbocycles. The Morgan fingerprint density at radius 1 is 1.16 bits per heavy atom. The van der Waals surface area contributed by atoms with Gasteiger partial charge >= 0.3 is 0 Å². The minimum atomic E-state index is 0.203. The second kappa shape index (κ2) is 6.26. The van der Waals surface area contributed by atoms with E-state index in [1.54, 1.807) is 11.8 Å². The highest BCUT2D eigenvalue weighted by atomic mass is 35.5. The predicted molar refractivity (Wildman–Crippen MR) is 79.4 cm³/mol. The predicted octanol–water partition coefficient (Wildman–Crippen LogP) is 4.77. The van der Waals surface area contributed by atoms with Crippen molar-refractivity contribution in [1.29, 1.82) is 0 Å². The standard InChI is InChI=1S/C14H15ClN2OS/c1-9(2)12-13(15)16-8-17-14(12)18-10-4-6-11(19-3)7-5-10/h4-9H,1-3H3. The van der Waals surface area contributed by atoms with Crippen molar-refractivity contribution in [1.82, 2.24) is 9.97 Å². The van der Waals surface area contributed by atoms with Gasteiger partial charge in [-0.25, -0.2) is 9.97 Å². The van der Waals surface area contributed by atoms with Crippen LogP contribution in [-0.2, 0) is 0 Å². The summed E-state index contributed by atoms with van der Waals surface area (Å²) in [7, 11) is 0. The van der Waals surface area contributed by atoms with Crippen molar-refractivity contribution >= 4 is 23.4 Å². The number of thioether (sulfide) groups is 1. The lowest BCUT2D eigenvalue weighted by atomic mass is 10.1. The molecule has 5 heteroatoms. The van der Waals surface area contributed by atoms with Crippen LogP contribution in [0.15, 0.2) is 35.5 Å². The van der Waals surface area contributed by atoms with Crippen LogP contribution in [0.3, 0.4) is 0 Å². The SMILES string of the molecule is CSc1ccc(Oc2ncnc(Cl)c2C(C)C)cc1. The van der Waals surface area contributed by atoms with Gasteiger partial charge in [0.1, 0.15) is 17.2 Å². The third-order valence-electron chi connectivity index (χ3n) is 2.65. The summed E-state index contributed by atoms with van der Waals surface area (Å²) in [5.41, 5.74) is 0.832. The van der Waals surface area contributed by atoms with Crippen LogP contribution in [0.5, 0.6) is 11.6 Å². The van der Waals surface area contributed by atoms with Crippen LogP contribution in [0.1, 0.15) is 25.3 Å². The average molecular weight is 295 g/mol. The molecule has 0 atom stereocenters. The number of hydrogen-bond donors (Lipinski definition) is 0. The van der Waals surface area contributed by atoms with Crippen molar-refractivity contribution in [2.45, 2.75) is 24.7 Å². The van der Waals surface area contributed by atoms with Crippen LogP contribution in [0.2, 0.25) is 5.15 Å². The first-order chi connectivity index (χ1) is 9.11. The van der Waals surface area contributed by atoms with Gasteiger partial charge in [-0.05, 0) is 36.4 Å². The Morgan fingerprint density at radius 2 is 1.84 bits per heavy atom. The van der Waals surface area contributed by atoms with Crippen LogP contribution >= 0.6 is 23.4 Å². The molecule has 19 heavy (non-hydrogen) atoms. The van der Waals surface area contributed by atoms with Crippen molar-refractivity contribution in [2.24, 2.45) is 0 Å². The molecule has 1 heterocycles. The maximum Gasteiger partial charge on any atom is 0.227 e. The lowest BCUT2D eigenvalue weighted by molar-refractivity contribution is 0.451. The van der Waals surface area contributed by atoms with E-state index >= 15 is 0 Å². The van der Waals surface area contributed by atoms with Crippen LogP contribution in [0.25, 0.3) is 0 Å². The van der Waals surface area contributed by atoms with Gasteiger partial charge in [0.05, 0.1) is 5.56 Å². The number of aromatic nitrogens is 2. The number of nitrogens with zero attached hydrogens (tertiary/aromatic N) is 2. The molecular weight excluding hydrogens is 280 g/mol. The maximum absolute atomic E-state index is 6.10. The fourth-order valence-corrected chi connectivity index (χ4v) is 2.43. The summed E-state index contributed by atoms with van der Waals surface area (Å²) in [6.07, 6.45) is 3.46. The molecule has 0 saturated heterocycles. The highest BCUT2D eigenvalue weighted by molar-refractivity contribution is 7.98. The molecule has 0 fully saturated rings. The monoisotopic (exact) mass is 294 g/mol. The van der Waals surface area contributed by atoms with Crippen molar-refractivity contribution < 1.29 is 4.74 Å². The first-order valence-electron chi connectivity index (χ1n) is 5.94. The highest BCUT2D eigenvalue weighted by Gasteiger charge is 2.15. The molecule has 2 aromatic rings. The summed E-state index contributed by atoms with van der Waals surface area (Å²) in [5, 5.41) is 0.445. The molecule has 0 aliphatic rings. The third-order valence-corrected chi connectivity index (χ3v) is 3.69. The van der Waals surface area contributed by atoms with Gasteiger partial charge in [0.25, 0.3) is 0 Å². The first-order valence-corrected chi connectivity index (χ1v) is 7.54. The summed E-state index contributed by atoms with van der Waals surface area (Å²) in [4.78, 5) is 9.37. The molecular formula is C14H15ClN2OS. The largest absolute Gasteiger partial charge is 0.439 e. The van der Waals surface area contributed by atoms with Crippen LogP contribution < -0.4 is 4.74 Å². The number of benzene rings is 1. The van der Waals surface area contributed by atoms with Gasteiger partial charge in [0.15, 0.2) is 0 Å². The zero-order valence-corrected chi connectivity index (χ0v) is 12.6. The summed E-state index contributed by atoms with van der Waals surface area (Å²) in [6.45, 7) is 4.07. The Balaban J connectivity index is 2.29. The molecule has 100 valence electrons. The van der Waals surface area contributed by atoms with E-state index in [1.165, 1.54) is 11.2 Å². The van der Waals surface area contributed by atoms with Gasteiger partial charge in [0, 0.05) is 4.90 Å². The van der Waals surface area contributed by atoms with Crippen LogP contribution in [-0.4, -0.2) is 16.2 Å². The fraction of sp³-hybridized carbons (Fsp3) is 0.286. The van der Waals surface area contributed by atoms with Gasteiger partial charge in [-0.1, -0.05) is 25.4 Å². The number of hydrogen-bond acceptors (Lipinski definition) is 4. The Kier molecular flexibility index (Phi) is 4.66. The number of rotatable bonds is 4. The maximum atomic E-state index is 6.10. The zero-order valence-electron chi connectivity index (χ0n) is 11.1. The van der Waals surface area contributed by atoms with Crippen molar-refractivity contribution in [2.75, 3.05) is 6.26 Å². The summed E-state index contributed by atoms with van der Waals surface area (Å²) >= 11 is 7.80. The summed E-state index contributed by atoms with van der Waals surface area (Å²) < 4.78 is 5.81. The Morgan fingerprint density at radius 3 is 2.42 bits per heavy atom. The van der Waals surface area contributed by atoms with Gasteiger partial charge < -0.3 is 4.74 Å². The molecule has 0 unspecified atom stereocenters. The van der Waals surface area contributed by atoms with Crippen molar-refractivity contribution in [3.63, 3.8) is 0 Å². The van der Waals surface area contributed by atoms with E-state index in [0.717, 1.165) is 11.3 Å². The topological polar surface area (TPSA) is 35.0 Å². The number of halogens is 1. The van der Waals surface area contributed by atoms with E-state index in [4.69, 9.17) is 16.3 Å². The molecule has 0 N–H and O–H groups in total. The van der Waals surface area contributed by atoms with E-state index < -0.39 is 0 Å². The summed E-state index contributed by atoms with van der Waals surface area (Å²) in [5.74, 6) is 1.47. The molecule has 2 rings (SSSR count). The third kappa shape index (κ3) is 3.39. The minimum absolute atomic E-state index is 0.203. The lowest BCUT2D eigenvalue weighted by Crippen LogP contribution is -1.99. The van der Waals surface area contributed by atoms with Crippen LogP contribution in [0, 0.1) is 0 Å². The quantitative estimate of drug-likeness (QED) is 0.601. The van der Waals surface area contributed by atoms with Gasteiger partial charge in [-0.2, -0.15) is 0 Å². The van der Waals surface area contributed by atoms with E-state index in [-0.39, 0.29) is 5.92 Å². The smallest absolute Gasteiger partial charge is 0.227 e. The molecule has 0 bridgehead atoms. The summed E-state index contributed by atoms with van der Waals surface area (Å²) in [6, 6.07) is 7.87. The van der Waals surface area contributed by atoms with Crippen molar-refractivity contribution in [3.05, 3.63) is 41.3 Å². The fourth-order valence-electron chi connectivity index (χ4n) is 1.68. The second-order valence-corrected chi connectivity index (χ2v) is 5.55. The van der Waals surface area contributed by atoms with Gasteiger partial charge in [-0.15, -0.1) is 11.8 Å². The minimum Gasteiger partial charge on any atom is -0.439 e. The second-order valence-electron chi connectivity index (χ2n) is 4.32. The van der Waals surface area contributed by atoms with Gasteiger partial charge in [0.2, 0.25) is 5.88 Å². The van der Waals surface area contributed by atoms with Gasteiger partial charge in [-0.3, -0.25) is 0 Å². The lowest BCUT2D eigenvalue weighted by Gasteiger charge is -2.13. The molecule has 0 aliphatic carbocycles. The van der Waals surface area contributed by atoms with E-state index in [2.05, 4.69) is 9.97 Å². The highest BCUT2D eigenvalue weighted by Crippen LogP contribution is 2.32. The molecule has 1 aromatic heterocycles. The molecule has 0 radical (unpaired) electrons.